The third-order valence-corrected chi connectivity index (χ3v) is 4.07. The van der Waals surface area contributed by atoms with Gasteiger partial charge in [0, 0.05) is 11.9 Å². The van der Waals surface area contributed by atoms with Gasteiger partial charge in [-0.05, 0) is 48.9 Å². The summed E-state index contributed by atoms with van der Waals surface area (Å²) >= 11 is 0. The average molecular weight is 357 g/mol. The highest BCUT2D eigenvalue weighted by Crippen LogP contribution is 2.23. The van der Waals surface area contributed by atoms with E-state index in [0.717, 1.165) is 28.0 Å². The van der Waals surface area contributed by atoms with Gasteiger partial charge in [-0.15, -0.1) is 20.4 Å². The molecule has 2 aromatic heterocycles. The van der Waals surface area contributed by atoms with Crippen molar-refractivity contribution in [3.8, 4) is 11.8 Å². The van der Waals surface area contributed by atoms with Crippen molar-refractivity contribution < 1.29 is 0 Å². The summed E-state index contributed by atoms with van der Waals surface area (Å²) in [6.45, 7) is 4.00. The minimum atomic E-state index is 0.231. The first-order chi connectivity index (χ1) is 13.1. The van der Waals surface area contributed by atoms with Gasteiger partial charge in [-0.25, -0.2) is 0 Å². The molecule has 132 valence electrons. The first kappa shape index (κ1) is 16.4. The number of H-pyrrole nitrogens is 1. The van der Waals surface area contributed by atoms with E-state index in [0.29, 0.717) is 0 Å². The van der Waals surface area contributed by atoms with E-state index in [2.05, 4.69) is 36.1 Å². The number of aryl methyl sites for hydroxylation is 2. The zero-order valence-corrected chi connectivity index (χ0v) is 14.7. The summed E-state index contributed by atoms with van der Waals surface area (Å²) in [5, 5.41) is 34.9. The third-order valence-electron chi connectivity index (χ3n) is 4.07. The van der Waals surface area contributed by atoms with Crippen LogP contribution in [0.3, 0.4) is 0 Å². The van der Waals surface area contributed by atoms with Gasteiger partial charge in [0.2, 0.25) is 5.82 Å². The lowest BCUT2D eigenvalue weighted by Crippen LogP contribution is -1.97. The molecule has 2 heterocycles. The predicted octanol–water partition coefficient (Wildman–Crippen LogP) is 2.53. The molecule has 27 heavy (non-hydrogen) atoms. The van der Waals surface area contributed by atoms with Crippen LogP contribution < -0.4 is 5.32 Å². The van der Waals surface area contributed by atoms with Gasteiger partial charge in [-0.1, -0.05) is 17.7 Å². The Morgan fingerprint density at radius 2 is 1.89 bits per heavy atom. The fourth-order valence-electron chi connectivity index (χ4n) is 2.59. The smallest absolute Gasteiger partial charge is 0.216 e. The lowest BCUT2D eigenvalue weighted by molar-refractivity contribution is 0.765. The number of allylic oxidation sites excluding steroid dienone is 1. The van der Waals surface area contributed by atoms with Gasteiger partial charge in [0.15, 0.2) is 0 Å². The third kappa shape index (κ3) is 3.23. The Hall–Kier alpha value is -4.06. The Balaban J connectivity index is 1.67. The molecule has 0 radical (unpaired) electrons. The van der Waals surface area contributed by atoms with E-state index in [4.69, 9.17) is 0 Å². The lowest BCUT2D eigenvalue weighted by Gasteiger charge is -2.05. The molecule has 9 nitrogen and oxygen atoms in total. The number of nitrogens with zero attached hydrogens (tertiary/aromatic N) is 7. The number of rotatable bonds is 4. The topological polar surface area (TPSA) is 121 Å². The molecule has 0 saturated heterocycles. The van der Waals surface area contributed by atoms with Crippen molar-refractivity contribution >= 4 is 22.3 Å². The van der Waals surface area contributed by atoms with Crippen molar-refractivity contribution in [3.63, 3.8) is 0 Å². The van der Waals surface area contributed by atoms with Gasteiger partial charge in [0.05, 0.1) is 5.69 Å². The standard InChI is InChI=1S/C18H15N9/c1-11-3-5-14(6-4-11)27-23-16-7-12(2)15(8-17(16)24-27)20-10-13(9-19)18-21-25-26-22-18/h3-8,10,20H,1-2H3,(H,21,22,25,26). The quantitative estimate of drug-likeness (QED) is 0.538. The van der Waals surface area contributed by atoms with Crippen LogP contribution in [-0.2, 0) is 0 Å². The zero-order chi connectivity index (χ0) is 18.8. The van der Waals surface area contributed by atoms with Crippen LogP contribution in [0.25, 0.3) is 22.3 Å². The predicted molar refractivity (Wildman–Crippen MR) is 99.7 cm³/mol. The fourth-order valence-corrected chi connectivity index (χ4v) is 2.59. The average Bonchev–Trinajstić information content (AvgIpc) is 3.33. The second-order valence-electron chi connectivity index (χ2n) is 6.03. The van der Waals surface area contributed by atoms with Crippen molar-refractivity contribution in [2.24, 2.45) is 0 Å². The van der Waals surface area contributed by atoms with E-state index in [1.54, 1.807) is 11.0 Å². The van der Waals surface area contributed by atoms with Crippen molar-refractivity contribution in [2.45, 2.75) is 13.8 Å². The van der Waals surface area contributed by atoms with Crippen LogP contribution in [-0.4, -0.2) is 35.6 Å². The molecule has 0 aliphatic heterocycles. The molecule has 9 heteroatoms. The first-order valence-corrected chi connectivity index (χ1v) is 8.19. The number of nitrogens with one attached hydrogen (secondary N) is 2. The number of nitriles is 1. The van der Waals surface area contributed by atoms with E-state index in [1.807, 2.05) is 56.3 Å². The van der Waals surface area contributed by atoms with Gasteiger partial charge in [0.25, 0.3) is 0 Å². The number of aromatic nitrogens is 7. The number of hydrogen-bond acceptors (Lipinski definition) is 7. The lowest BCUT2D eigenvalue weighted by atomic mass is 10.1. The Morgan fingerprint density at radius 3 is 2.56 bits per heavy atom. The molecule has 4 aromatic rings. The first-order valence-electron chi connectivity index (χ1n) is 8.19. The highest BCUT2D eigenvalue weighted by atomic mass is 15.5. The van der Waals surface area contributed by atoms with Crippen molar-refractivity contribution in [1.29, 1.82) is 5.26 Å². The Kier molecular flexibility index (Phi) is 4.06. The molecule has 2 N–H and O–H groups in total. The molecule has 0 spiro atoms. The Labute approximate surface area is 154 Å². The van der Waals surface area contributed by atoms with E-state index >= 15 is 0 Å². The number of aromatic amines is 1. The minimum Gasteiger partial charge on any atom is -0.360 e. The van der Waals surface area contributed by atoms with Gasteiger partial charge in [-0.3, -0.25) is 0 Å². The summed E-state index contributed by atoms with van der Waals surface area (Å²) in [5.74, 6) is 0.231. The van der Waals surface area contributed by atoms with Gasteiger partial charge in [-0.2, -0.15) is 15.3 Å². The molecule has 2 aromatic carbocycles. The minimum absolute atomic E-state index is 0.231. The maximum Gasteiger partial charge on any atom is 0.216 e. The molecule has 0 saturated carbocycles. The van der Waals surface area contributed by atoms with Crippen molar-refractivity contribution in [1.82, 2.24) is 35.6 Å². The van der Waals surface area contributed by atoms with Crippen LogP contribution >= 0.6 is 0 Å². The Bertz CT molecular complexity index is 1160. The van der Waals surface area contributed by atoms with E-state index in [1.165, 1.54) is 5.56 Å². The van der Waals surface area contributed by atoms with Crippen LogP contribution in [0.5, 0.6) is 0 Å². The molecule has 0 atom stereocenters. The number of hydrogen-bond donors (Lipinski definition) is 2. The molecule has 0 fully saturated rings. The van der Waals surface area contributed by atoms with Crippen LogP contribution in [0, 0.1) is 25.2 Å². The van der Waals surface area contributed by atoms with Crippen LogP contribution in [0.1, 0.15) is 17.0 Å². The number of benzene rings is 2. The maximum atomic E-state index is 9.26. The fraction of sp³-hybridized carbons (Fsp3) is 0.111. The highest BCUT2D eigenvalue weighted by molar-refractivity contribution is 5.82. The molecule has 0 aliphatic carbocycles. The van der Waals surface area contributed by atoms with Gasteiger partial charge >= 0.3 is 0 Å². The van der Waals surface area contributed by atoms with Gasteiger partial charge < -0.3 is 5.32 Å². The van der Waals surface area contributed by atoms with Crippen LogP contribution in [0.15, 0.2) is 42.6 Å². The molecule has 0 aliphatic rings. The van der Waals surface area contributed by atoms with Crippen molar-refractivity contribution in [2.75, 3.05) is 5.32 Å². The summed E-state index contributed by atoms with van der Waals surface area (Å²) in [5.41, 5.74) is 5.67. The second-order valence-corrected chi connectivity index (χ2v) is 6.03. The molecule has 4 rings (SSSR count). The van der Waals surface area contributed by atoms with E-state index < -0.39 is 0 Å². The Morgan fingerprint density at radius 1 is 1.15 bits per heavy atom. The largest absolute Gasteiger partial charge is 0.360 e. The maximum absolute atomic E-state index is 9.26. The molecule has 0 unspecified atom stereocenters. The molecular weight excluding hydrogens is 342 g/mol. The highest BCUT2D eigenvalue weighted by Gasteiger charge is 2.09. The van der Waals surface area contributed by atoms with Crippen molar-refractivity contribution in [3.05, 3.63) is 59.5 Å². The summed E-state index contributed by atoms with van der Waals surface area (Å²) < 4.78 is 0. The second kappa shape index (κ2) is 6.68. The summed E-state index contributed by atoms with van der Waals surface area (Å²) in [6, 6.07) is 13.9. The molecular formula is C18H15N9. The normalized spacial score (nSPS) is 11.5. The van der Waals surface area contributed by atoms with Crippen LogP contribution in [0.2, 0.25) is 0 Å². The summed E-state index contributed by atoms with van der Waals surface area (Å²) in [7, 11) is 0. The zero-order valence-electron chi connectivity index (χ0n) is 14.7. The summed E-state index contributed by atoms with van der Waals surface area (Å²) in [4.78, 5) is 1.61. The number of fused-ring (bicyclic) bond motifs is 1. The molecule has 0 amide bonds. The monoisotopic (exact) mass is 357 g/mol. The van der Waals surface area contributed by atoms with E-state index in [9.17, 15) is 5.26 Å². The molecule has 0 bridgehead atoms. The SMILES string of the molecule is Cc1ccc(-n2nc3cc(C)c(NC=C(C#N)c4nn[nH]n4)cc3n2)cc1. The van der Waals surface area contributed by atoms with E-state index in [-0.39, 0.29) is 11.4 Å². The number of tetrazole rings is 1. The van der Waals surface area contributed by atoms with Crippen LogP contribution in [0.4, 0.5) is 5.69 Å². The summed E-state index contributed by atoms with van der Waals surface area (Å²) in [6.07, 6.45) is 1.55. The van der Waals surface area contributed by atoms with Gasteiger partial charge in [0.1, 0.15) is 22.7 Å². The number of anilines is 1.